The Kier molecular flexibility index (Phi) is 5.56. The molecule has 0 atom stereocenters. The Morgan fingerprint density at radius 3 is 2.54 bits per heavy atom. The minimum atomic E-state index is -3.78. The number of benzene rings is 2. The zero-order chi connectivity index (χ0) is 20.3. The van der Waals surface area contributed by atoms with Crippen LogP contribution in [0.5, 0.6) is 5.75 Å². The van der Waals surface area contributed by atoms with E-state index in [1.54, 1.807) is 24.3 Å². The van der Waals surface area contributed by atoms with Crippen molar-refractivity contribution in [3.05, 3.63) is 70.8 Å². The smallest absolute Gasteiger partial charge is 0.303 e. The van der Waals surface area contributed by atoms with Crippen LogP contribution in [0.3, 0.4) is 0 Å². The fourth-order valence-electron chi connectivity index (χ4n) is 2.93. The quantitative estimate of drug-likeness (QED) is 0.653. The number of carboxylic acids is 1. The van der Waals surface area contributed by atoms with Crippen LogP contribution in [-0.4, -0.2) is 30.6 Å². The Bertz CT molecular complexity index is 1140. The monoisotopic (exact) mass is 399 g/mol. The third-order valence-corrected chi connectivity index (χ3v) is 5.78. The molecule has 1 aromatic heterocycles. The zero-order valence-electron chi connectivity index (χ0n) is 15.6. The molecule has 6 nitrogen and oxygen atoms in total. The first-order chi connectivity index (χ1) is 13.3. The molecule has 0 aliphatic rings. The van der Waals surface area contributed by atoms with Gasteiger partial charge in [-0.3, -0.25) is 4.79 Å². The van der Waals surface area contributed by atoms with Gasteiger partial charge in [0.1, 0.15) is 5.75 Å². The summed E-state index contributed by atoms with van der Waals surface area (Å²) in [6, 6.07) is 12.6. The molecule has 146 valence electrons. The number of ether oxygens (including phenoxy) is 1. The third-order valence-electron chi connectivity index (χ3n) is 4.45. The molecule has 0 spiro atoms. The number of carbonyl (C=O) groups is 1. The van der Waals surface area contributed by atoms with Gasteiger partial charge in [0.25, 0.3) is 10.0 Å². The number of hydrogen-bond acceptors (Lipinski definition) is 4. The predicted octanol–water partition coefficient (Wildman–Crippen LogP) is 3.82. The van der Waals surface area contributed by atoms with Crippen molar-refractivity contribution in [3.63, 3.8) is 0 Å². The average Bonchev–Trinajstić information content (AvgIpc) is 3.04. The summed E-state index contributed by atoms with van der Waals surface area (Å²) in [6.45, 7) is 1.96. The molecule has 0 radical (unpaired) electrons. The van der Waals surface area contributed by atoms with Gasteiger partial charge in [-0.15, -0.1) is 0 Å². The summed E-state index contributed by atoms with van der Waals surface area (Å²) in [5.41, 5.74) is 2.99. The second-order valence-electron chi connectivity index (χ2n) is 6.49. The molecular formula is C21H21NO5S. The normalized spacial score (nSPS) is 11.9. The van der Waals surface area contributed by atoms with Crippen LogP contribution < -0.4 is 4.74 Å². The van der Waals surface area contributed by atoms with Crippen LogP contribution in [0.4, 0.5) is 0 Å². The summed E-state index contributed by atoms with van der Waals surface area (Å²) in [5.74, 6) is -0.361. The van der Waals surface area contributed by atoms with Gasteiger partial charge in [0.05, 0.1) is 18.0 Å². The van der Waals surface area contributed by atoms with E-state index in [0.29, 0.717) is 22.2 Å². The molecule has 3 aromatic rings. The van der Waals surface area contributed by atoms with E-state index < -0.39 is 16.0 Å². The number of aromatic nitrogens is 1. The Morgan fingerprint density at radius 2 is 1.89 bits per heavy atom. The van der Waals surface area contributed by atoms with Crippen LogP contribution in [0, 0.1) is 6.92 Å². The van der Waals surface area contributed by atoms with Crippen molar-refractivity contribution in [1.29, 1.82) is 0 Å². The minimum absolute atomic E-state index is 0.0877. The second kappa shape index (κ2) is 7.90. The number of methoxy groups -OCH3 is 1. The first-order valence-electron chi connectivity index (χ1n) is 8.70. The van der Waals surface area contributed by atoms with Gasteiger partial charge < -0.3 is 9.84 Å². The highest BCUT2D eigenvalue weighted by Gasteiger charge is 2.18. The van der Waals surface area contributed by atoms with Crippen LogP contribution in [-0.2, 0) is 21.2 Å². The number of aliphatic carboxylic acids is 1. The number of fused-ring (bicyclic) bond motifs is 1. The molecule has 1 heterocycles. The summed E-state index contributed by atoms with van der Waals surface area (Å²) in [5, 5.41) is 10.8. The minimum Gasteiger partial charge on any atom is -0.497 e. The zero-order valence-corrected chi connectivity index (χ0v) is 16.4. The van der Waals surface area contributed by atoms with Gasteiger partial charge in [0.2, 0.25) is 0 Å². The van der Waals surface area contributed by atoms with Gasteiger partial charge in [-0.2, -0.15) is 0 Å². The van der Waals surface area contributed by atoms with E-state index >= 15 is 0 Å². The summed E-state index contributed by atoms with van der Waals surface area (Å²) in [4.78, 5) is 11.0. The van der Waals surface area contributed by atoms with Gasteiger partial charge in [0.15, 0.2) is 0 Å². The van der Waals surface area contributed by atoms with Gasteiger partial charge in [-0.05, 0) is 48.7 Å². The second-order valence-corrected chi connectivity index (χ2v) is 8.18. The molecule has 7 heteroatoms. The number of carboxylic acid groups (broad SMARTS) is 1. The highest BCUT2D eigenvalue weighted by atomic mass is 32.2. The van der Waals surface area contributed by atoms with Crippen LogP contribution in [0.2, 0.25) is 0 Å². The fraction of sp³-hybridized carbons (Fsp3) is 0.190. The molecule has 0 aliphatic heterocycles. The first-order valence-corrected chi connectivity index (χ1v) is 10.2. The Morgan fingerprint density at radius 1 is 1.18 bits per heavy atom. The van der Waals surface area contributed by atoms with Crippen molar-refractivity contribution in [2.75, 3.05) is 7.11 Å². The average molecular weight is 399 g/mol. The molecule has 0 bridgehead atoms. The Labute approximate surface area is 163 Å². The van der Waals surface area contributed by atoms with Gasteiger partial charge >= 0.3 is 5.97 Å². The summed E-state index contributed by atoms with van der Waals surface area (Å²) >= 11 is 0. The molecule has 0 fully saturated rings. The molecular weight excluding hydrogens is 378 g/mol. The molecule has 0 saturated heterocycles. The molecule has 2 aromatic carbocycles. The lowest BCUT2D eigenvalue weighted by atomic mass is 10.1. The number of hydrogen-bond donors (Lipinski definition) is 1. The predicted molar refractivity (Wildman–Crippen MR) is 109 cm³/mol. The van der Waals surface area contributed by atoms with Crippen molar-refractivity contribution >= 4 is 33.0 Å². The SMILES string of the molecule is COc1ccc2c(c1)c(CCC(=O)O)cn2S(=O)(=O)C=Cc1ccc(C)cc1. The largest absolute Gasteiger partial charge is 0.497 e. The maximum Gasteiger partial charge on any atom is 0.303 e. The summed E-state index contributed by atoms with van der Waals surface area (Å²) < 4.78 is 32.2. The first kappa shape index (κ1) is 19.7. The van der Waals surface area contributed by atoms with E-state index in [0.717, 1.165) is 16.5 Å². The van der Waals surface area contributed by atoms with Crippen LogP contribution in [0.15, 0.2) is 54.1 Å². The van der Waals surface area contributed by atoms with Gasteiger partial charge in [0, 0.05) is 18.0 Å². The third kappa shape index (κ3) is 4.26. The van der Waals surface area contributed by atoms with Gasteiger partial charge in [-0.25, -0.2) is 12.4 Å². The summed E-state index contributed by atoms with van der Waals surface area (Å²) in [6.07, 6.45) is 3.17. The molecule has 28 heavy (non-hydrogen) atoms. The number of nitrogens with zero attached hydrogens (tertiary/aromatic N) is 1. The van der Waals surface area contributed by atoms with Crippen molar-refractivity contribution < 1.29 is 23.1 Å². The molecule has 0 unspecified atom stereocenters. The Balaban J connectivity index is 2.05. The molecule has 0 aliphatic carbocycles. The van der Waals surface area contributed by atoms with E-state index in [1.165, 1.54) is 17.3 Å². The molecule has 0 saturated carbocycles. The van der Waals surface area contributed by atoms with Gasteiger partial charge in [-0.1, -0.05) is 29.8 Å². The highest BCUT2D eigenvalue weighted by Crippen LogP contribution is 2.28. The lowest BCUT2D eigenvalue weighted by Crippen LogP contribution is -2.07. The summed E-state index contributed by atoms with van der Waals surface area (Å²) in [7, 11) is -2.26. The molecule has 0 amide bonds. The standard InChI is InChI=1S/C21H21NO5S/c1-15-3-5-16(6-4-15)11-12-28(25,26)22-14-17(7-10-21(23)24)19-13-18(27-2)8-9-20(19)22/h3-6,8-9,11-14H,7,10H2,1-2H3,(H,23,24). The van der Waals surface area contributed by atoms with Crippen LogP contribution in [0.1, 0.15) is 23.1 Å². The van der Waals surface area contributed by atoms with Crippen LogP contribution in [0.25, 0.3) is 17.0 Å². The van der Waals surface area contributed by atoms with Crippen LogP contribution >= 0.6 is 0 Å². The lowest BCUT2D eigenvalue weighted by Gasteiger charge is -2.04. The van der Waals surface area contributed by atoms with E-state index in [-0.39, 0.29) is 12.8 Å². The molecule has 1 N–H and O–H groups in total. The maximum absolute atomic E-state index is 12.9. The van der Waals surface area contributed by atoms with E-state index in [1.807, 2.05) is 31.2 Å². The molecule has 3 rings (SSSR count). The highest BCUT2D eigenvalue weighted by molar-refractivity contribution is 7.93. The maximum atomic E-state index is 12.9. The van der Waals surface area contributed by atoms with Crippen molar-refractivity contribution in [1.82, 2.24) is 3.97 Å². The van der Waals surface area contributed by atoms with E-state index in [2.05, 4.69) is 0 Å². The van der Waals surface area contributed by atoms with Crippen molar-refractivity contribution in [3.8, 4) is 5.75 Å². The number of aryl methyl sites for hydroxylation is 2. The van der Waals surface area contributed by atoms with Crippen molar-refractivity contribution in [2.24, 2.45) is 0 Å². The van der Waals surface area contributed by atoms with E-state index in [9.17, 15) is 13.2 Å². The Hall–Kier alpha value is -3.06. The lowest BCUT2D eigenvalue weighted by molar-refractivity contribution is -0.136. The number of rotatable bonds is 7. The topological polar surface area (TPSA) is 85.6 Å². The fourth-order valence-corrected chi connectivity index (χ4v) is 4.10. The van der Waals surface area contributed by atoms with Crippen molar-refractivity contribution in [2.45, 2.75) is 19.8 Å². The van der Waals surface area contributed by atoms with E-state index in [4.69, 9.17) is 9.84 Å².